The van der Waals surface area contributed by atoms with Gasteiger partial charge in [-0.15, -0.1) is 0 Å². The van der Waals surface area contributed by atoms with E-state index in [1.165, 1.54) is 14.2 Å². The fourth-order valence-corrected chi connectivity index (χ4v) is 3.62. The fourth-order valence-electron chi connectivity index (χ4n) is 2.76. The standard InChI is InChI=1S/C21H28N2O6S/c1-15(2)29-18-8-6-7-16(11-18)13-22-21(24)14-23(30(5,25)26)19-10-9-17(27-3)12-20(19)28-4/h6-12,15H,13-14H2,1-5H3,(H,22,24). The number of hydrogen-bond acceptors (Lipinski definition) is 6. The number of hydrogen-bond donors (Lipinski definition) is 1. The minimum Gasteiger partial charge on any atom is -0.497 e. The molecule has 0 aliphatic rings. The minimum atomic E-state index is -3.74. The monoisotopic (exact) mass is 436 g/mol. The maximum atomic E-state index is 12.5. The molecule has 2 rings (SSSR count). The summed E-state index contributed by atoms with van der Waals surface area (Å²) in [5.41, 5.74) is 1.10. The molecule has 0 aliphatic carbocycles. The number of nitrogens with zero attached hydrogens (tertiary/aromatic N) is 1. The lowest BCUT2D eigenvalue weighted by Crippen LogP contribution is -2.40. The predicted octanol–water partition coefficient (Wildman–Crippen LogP) is 2.57. The number of ether oxygens (including phenoxy) is 3. The highest BCUT2D eigenvalue weighted by atomic mass is 32.2. The van der Waals surface area contributed by atoms with Crippen molar-refractivity contribution >= 4 is 21.6 Å². The van der Waals surface area contributed by atoms with E-state index in [1.54, 1.807) is 18.2 Å². The van der Waals surface area contributed by atoms with E-state index in [2.05, 4.69) is 5.32 Å². The van der Waals surface area contributed by atoms with E-state index in [4.69, 9.17) is 14.2 Å². The first-order chi connectivity index (χ1) is 14.1. The number of carbonyl (C=O) groups excluding carboxylic acids is 1. The van der Waals surface area contributed by atoms with Crippen molar-refractivity contribution in [2.75, 3.05) is 31.3 Å². The third kappa shape index (κ3) is 6.55. The fraction of sp³-hybridized carbons (Fsp3) is 0.381. The summed E-state index contributed by atoms with van der Waals surface area (Å²) in [5.74, 6) is 1.05. The highest BCUT2D eigenvalue weighted by Crippen LogP contribution is 2.33. The molecule has 0 aromatic heterocycles. The number of nitrogens with one attached hydrogen (secondary N) is 1. The third-order valence-electron chi connectivity index (χ3n) is 4.10. The van der Waals surface area contributed by atoms with Crippen LogP contribution in [0.25, 0.3) is 0 Å². The molecule has 9 heteroatoms. The molecule has 30 heavy (non-hydrogen) atoms. The molecule has 2 aromatic carbocycles. The van der Waals surface area contributed by atoms with E-state index in [-0.39, 0.29) is 30.6 Å². The molecule has 1 amide bonds. The third-order valence-corrected chi connectivity index (χ3v) is 5.23. The average molecular weight is 437 g/mol. The molecule has 8 nitrogen and oxygen atoms in total. The zero-order valence-corrected chi connectivity index (χ0v) is 18.7. The summed E-state index contributed by atoms with van der Waals surface area (Å²) in [4.78, 5) is 12.5. The van der Waals surface area contributed by atoms with Gasteiger partial charge in [0.15, 0.2) is 0 Å². The van der Waals surface area contributed by atoms with Gasteiger partial charge in [0.05, 0.1) is 32.3 Å². The second-order valence-electron chi connectivity index (χ2n) is 6.90. The van der Waals surface area contributed by atoms with Crippen molar-refractivity contribution < 1.29 is 27.4 Å². The van der Waals surface area contributed by atoms with Crippen LogP contribution in [0.15, 0.2) is 42.5 Å². The molecule has 164 valence electrons. The Hall–Kier alpha value is -2.94. The number of sulfonamides is 1. The lowest BCUT2D eigenvalue weighted by Gasteiger charge is -2.24. The number of anilines is 1. The van der Waals surface area contributed by atoms with Crippen molar-refractivity contribution in [3.05, 3.63) is 48.0 Å². The molecule has 0 saturated carbocycles. The summed E-state index contributed by atoms with van der Waals surface area (Å²) < 4.78 is 41.8. The summed E-state index contributed by atoms with van der Waals surface area (Å²) >= 11 is 0. The average Bonchev–Trinajstić information content (AvgIpc) is 2.69. The molecule has 0 unspecified atom stereocenters. The zero-order valence-electron chi connectivity index (χ0n) is 17.8. The van der Waals surface area contributed by atoms with Crippen molar-refractivity contribution in [1.29, 1.82) is 0 Å². The van der Waals surface area contributed by atoms with Crippen molar-refractivity contribution in [1.82, 2.24) is 5.32 Å². The van der Waals surface area contributed by atoms with Crippen LogP contribution in [0.2, 0.25) is 0 Å². The first kappa shape index (κ1) is 23.3. The largest absolute Gasteiger partial charge is 0.497 e. The van der Waals surface area contributed by atoms with Gasteiger partial charge in [0.25, 0.3) is 0 Å². The van der Waals surface area contributed by atoms with Crippen molar-refractivity contribution in [2.24, 2.45) is 0 Å². The smallest absolute Gasteiger partial charge is 0.241 e. The van der Waals surface area contributed by atoms with Crippen LogP contribution in [-0.2, 0) is 21.4 Å². The second-order valence-corrected chi connectivity index (χ2v) is 8.80. The van der Waals surface area contributed by atoms with Gasteiger partial charge in [-0.1, -0.05) is 12.1 Å². The van der Waals surface area contributed by atoms with E-state index < -0.39 is 15.9 Å². The molecule has 0 bridgehead atoms. The summed E-state index contributed by atoms with van der Waals surface area (Å²) in [6.45, 7) is 3.72. The van der Waals surface area contributed by atoms with Gasteiger partial charge in [-0.2, -0.15) is 0 Å². The Balaban J connectivity index is 2.14. The Morgan fingerprint density at radius 2 is 1.80 bits per heavy atom. The van der Waals surface area contributed by atoms with E-state index in [0.717, 1.165) is 16.1 Å². The number of amides is 1. The summed E-state index contributed by atoms with van der Waals surface area (Å²) in [6.07, 6.45) is 1.08. The Bertz CT molecular complexity index is 975. The highest BCUT2D eigenvalue weighted by molar-refractivity contribution is 7.92. The number of benzene rings is 2. The Morgan fingerprint density at radius 1 is 1.07 bits per heavy atom. The van der Waals surface area contributed by atoms with Crippen LogP contribution in [0, 0.1) is 0 Å². The Kier molecular flexibility index (Phi) is 7.93. The van der Waals surface area contributed by atoms with Gasteiger partial charge in [0.2, 0.25) is 15.9 Å². The first-order valence-electron chi connectivity index (χ1n) is 9.36. The topological polar surface area (TPSA) is 94.2 Å². The highest BCUT2D eigenvalue weighted by Gasteiger charge is 2.24. The summed E-state index contributed by atoms with van der Waals surface area (Å²) in [7, 11) is -0.818. The van der Waals surface area contributed by atoms with Gasteiger partial charge in [-0.3, -0.25) is 9.10 Å². The van der Waals surface area contributed by atoms with Crippen LogP contribution in [0.5, 0.6) is 17.2 Å². The SMILES string of the molecule is COc1ccc(N(CC(=O)NCc2cccc(OC(C)C)c2)S(C)(=O)=O)c(OC)c1. The molecule has 0 spiro atoms. The van der Waals surface area contributed by atoms with Gasteiger partial charge < -0.3 is 19.5 Å². The Morgan fingerprint density at radius 3 is 2.40 bits per heavy atom. The molecule has 2 aromatic rings. The van der Waals surface area contributed by atoms with Crippen LogP contribution >= 0.6 is 0 Å². The molecular weight excluding hydrogens is 408 g/mol. The predicted molar refractivity (Wildman–Crippen MR) is 116 cm³/mol. The van der Waals surface area contributed by atoms with Crippen molar-refractivity contribution in [3.8, 4) is 17.2 Å². The molecule has 0 heterocycles. The molecule has 0 fully saturated rings. The lowest BCUT2D eigenvalue weighted by molar-refractivity contribution is -0.119. The summed E-state index contributed by atoms with van der Waals surface area (Å²) in [5, 5.41) is 2.75. The van der Waals surface area contributed by atoms with Crippen LogP contribution in [0.4, 0.5) is 5.69 Å². The molecule has 0 radical (unpaired) electrons. The molecule has 0 aliphatic heterocycles. The van der Waals surface area contributed by atoms with Crippen LogP contribution in [0.1, 0.15) is 19.4 Å². The van der Waals surface area contributed by atoms with Crippen LogP contribution in [0.3, 0.4) is 0 Å². The van der Waals surface area contributed by atoms with E-state index in [1.807, 2.05) is 38.1 Å². The normalized spacial score (nSPS) is 11.1. The maximum absolute atomic E-state index is 12.5. The number of methoxy groups -OCH3 is 2. The lowest BCUT2D eigenvalue weighted by atomic mass is 10.2. The maximum Gasteiger partial charge on any atom is 0.241 e. The number of rotatable bonds is 10. The quantitative estimate of drug-likeness (QED) is 0.615. The van der Waals surface area contributed by atoms with Crippen LogP contribution in [-0.4, -0.2) is 47.4 Å². The van der Waals surface area contributed by atoms with E-state index in [0.29, 0.717) is 11.5 Å². The second kappa shape index (κ2) is 10.2. The van der Waals surface area contributed by atoms with Gasteiger partial charge in [0, 0.05) is 12.6 Å². The van der Waals surface area contributed by atoms with Gasteiger partial charge in [-0.25, -0.2) is 8.42 Å². The van der Waals surface area contributed by atoms with Gasteiger partial charge in [0.1, 0.15) is 23.8 Å². The number of carbonyl (C=O) groups is 1. The van der Waals surface area contributed by atoms with E-state index >= 15 is 0 Å². The molecule has 0 saturated heterocycles. The van der Waals surface area contributed by atoms with Crippen molar-refractivity contribution in [2.45, 2.75) is 26.5 Å². The van der Waals surface area contributed by atoms with Gasteiger partial charge >= 0.3 is 0 Å². The Labute approximate surface area is 177 Å². The summed E-state index contributed by atoms with van der Waals surface area (Å²) in [6, 6.07) is 12.1. The van der Waals surface area contributed by atoms with E-state index in [9.17, 15) is 13.2 Å². The van der Waals surface area contributed by atoms with Gasteiger partial charge in [-0.05, 0) is 43.7 Å². The first-order valence-corrected chi connectivity index (χ1v) is 11.2. The molecular formula is C21H28N2O6S. The zero-order chi connectivity index (χ0) is 22.3. The van der Waals surface area contributed by atoms with Crippen LogP contribution < -0.4 is 23.8 Å². The molecule has 1 N–H and O–H groups in total. The molecule has 0 atom stereocenters. The van der Waals surface area contributed by atoms with Crippen molar-refractivity contribution in [3.63, 3.8) is 0 Å². The minimum absolute atomic E-state index is 0.0395.